The third-order valence-corrected chi connectivity index (χ3v) is 4.13. The average molecular weight is 355 g/mol. The lowest BCUT2D eigenvalue weighted by atomic mass is 10.2. The first-order valence-electron chi connectivity index (χ1n) is 8.44. The number of likely N-dealkylation sites (N-methyl/N-ethyl adjacent to an activating group) is 1. The van der Waals surface area contributed by atoms with E-state index in [9.17, 15) is 4.79 Å². The summed E-state index contributed by atoms with van der Waals surface area (Å²) in [4.78, 5) is 24.7. The van der Waals surface area contributed by atoms with Crippen LogP contribution in [0.25, 0.3) is 0 Å². The van der Waals surface area contributed by atoms with Crippen molar-refractivity contribution in [1.82, 2.24) is 14.9 Å². The van der Waals surface area contributed by atoms with Gasteiger partial charge in [0, 0.05) is 31.9 Å². The summed E-state index contributed by atoms with van der Waals surface area (Å²) in [5, 5.41) is 0.278. The highest BCUT2D eigenvalue weighted by Gasteiger charge is 2.31. The summed E-state index contributed by atoms with van der Waals surface area (Å²) < 4.78 is 5.44. The number of anilines is 1. The van der Waals surface area contributed by atoms with E-state index >= 15 is 0 Å². The van der Waals surface area contributed by atoms with Crippen molar-refractivity contribution in [2.24, 2.45) is 0 Å². The lowest BCUT2D eigenvalue weighted by molar-refractivity contribution is 0.0238. The summed E-state index contributed by atoms with van der Waals surface area (Å²) in [6, 6.07) is 2.09. The van der Waals surface area contributed by atoms with Crippen LogP contribution in [0, 0.1) is 0 Å². The van der Waals surface area contributed by atoms with Gasteiger partial charge in [0.15, 0.2) is 0 Å². The minimum atomic E-state index is -0.487. The molecule has 0 aromatic carbocycles. The minimum Gasteiger partial charge on any atom is -0.444 e. The first-order chi connectivity index (χ1) is 11.2. The van der Waals surface area contributed by atoms with Crippen LogP contribution in [0.5, 0.6) is 0 Å². The van der Waals surface area contributed by atoms with Crippen LogP contribution in [0.1, 0.15) is 46.2 Å². The van der Waals surface area contributed by atoms with E-state index in [0.29, 0.717) is 6.54 Å². The largest absolute Gasteiger partial charge is 0.444 e. The Hall–Kier alpha value is -1.56. The second kappa shape index (κ2) is 7.55. The molecule has 1 aliphatic rings. The van der Waals surface area contributed by atoms with Crippen molar-refractivity contribution < 1.29 is 9.53 Å². The fourth-order valence-corrected chi connectivity index (χ4v) is 2.94. The Morgan fingerprint density at radius 2 is 2.17 bits per heavy atom. The molecule has 0 bridgehead atoms. The van der Waals surface area contributed by atoms with E-state index in [2.05, 4.69) is 21.8 Å². The van der Waals surface area contributed by atoms with Gasteiger partial charge in [0.1, 0.15) is 11.4 Å². The van der Waals surface area contributed by atoms with Gasteiger partial charge in [-0.15, -0.1) is 0 Å². The third kappa shape index (κ3) is 4.97. The van der Waals surface area contributed by atoms with Crippen molar-refractivity contribution in [3.63, 3.8) is 0 Å². The highest BCUT2D eigenvalue weighted by Crippen LogP contribution is 2.24. The molecule has 2 heterocycles. The van der Waals surface area contributed by atoms with E-state index in [1.54, 1.807) is 11.9 Å². The number of nitrogens with zero attached hydrogens (tertiary/aromatic N) is 4. The van der Waals surface area contributed by atoms with E-state index in [4.69, 9.17) is 16.3 Å². The Balaban J connectivity index is 2.03. The second-order valence-corrected chi connectivity index (χ2v) is 7.55. The summed E-state index contributed by atoms with van der Waals surface area (Å²) in [6.07, 6.45) is 2.48. The molecule has 134 valence electrons. The number of hydrogen-bond acceptors (Lipinski definition) is 5. The monoisotopic (exact) mass is 354 g/mol. The van der Waals surface area contributed by atoms with E-state index in [1.165, 1.54) is 0 Å². The Labute approximate surface area is 149 Å². The maximum absolute atomic E-state index is 12.2. The normalized spacial score (nSPS) is 17.9. The van der Waals surface area contributed by atoms with Gasteiger partial charge in [-0.05, 0) is 45.2 Å². The van der Waals surface area contributed by atoms with Crippen LogP contribution in [-0.4, -0.2) is 52.7 Å². The molecule has 0 saturated carbocycles. The third-order valence-electron chi connectivity index (χ3n) is 3.96. The van der Waals surface area contributed by atoms with E-state index in [0.717, 1.165) is 37.3 Å². The van der Waals surface area contributed by atoms with Crippen LogP contribution in [0.15, 0.2) is 6.07 Å². The number of rotatable bonds is 4. The van der Waals surface area contributed by atoms with Crippen molar-refractivity contribution in [2.75, 3.05) is 25.0 Å². The molecule has 24 heavy (non-hydrogen) atoms. The molecule has 1 amide bonds. The number of hydrogen-bond donors (Lipinski definition) is 0. The van der Waals surface area contributed by atoms with Crippen molar-refractivity contribution in [1.29, 1.82) is 0 Å². The van der Waals surface area contributed by atoms with Crippen LogP contribution in [0.4, 0.5) is 10.6 Å². The number of aryl methyl sites for hydroxylation is 1. The number of carbonyl (C=O) groups is 1. The first kappa shape index (κ1) is 18.8. The average Bonchev–Trinajstić information content (AvgIpc) is 2.94. The van der Waals surface area contributed by atoms with Crippen molar-refractivity contribution >= 4 is 23.5 Å². The van der Waals surface area contributed by atoms with E-state index in [1.807, 2.05) is 26.8 Å². The zero-order valence-electron chi connectivity index (χ0n) is 15.2. The Morgan fingerprint density at radius 3 is 2.79 bits per heavy atom. The number of aromatic nitrogens is 2. The standard InChI is InChI=1S/C17H27ClN4O2/c1-6-7-12-10-14(20-15(18)19-12)22-9-8-13(11-22)21(5)16(23)24-17(2,3)4/h10,13H,6-9,11H2,1-5H3/t13-/m0/s1. The van der Waals surface area contributed by atoms with Crippen LogP contribution in [0.3, 0.4) is 0 Å². The van der Waals surface area contributed by atoms with Gasteiger partial charge in [-0.25, -0.2) is 14.8 Å². The van der Waals surface area contributed by atoms with Crippen LogP contribution < -0.4 is 4.90 Å². The van der Waals surface area contributed by atoms with Gasteiger partial charge in [-0.2, -0.15) is 0 Å². The van der Waals surface area contributed by atoms with Gasteiger partial charge in [0.2, 0.25) is 5.28 Å². The topological polar surface area (TPSA) is 58.6 Å². The Bertz CT molecular complexity index is 588. The molecule has 1 atom stereocenters. The molecule has 1 aromatic heterocycles. The summed E-state index contributed by atoms with van der Waals surface area (Å²) in [7, 11) is 1.79. The molecule has 0 aliphatic carbocycles. The summed E-state index contributed by atoms with van der Waals surface area (Å²) in [5.41, 5.74) is 0.468. The first-order valence-corrected chi connectivity index (χ1v) is 8.81. The van der Waals surface area contributed by atoms with E-state index in [-0.39, 0.29) is 17.4 Å². The summed E-state index contributed by atoms with van der Waals surface area (Å²) in [6.45, 7) is 9.27. The van der Waals surface area contributed by atoms with Crippen LogP contribution in [-0.2, 0) is 11.2 Å². The quantitative estimate of drug-likeness (QED) is 0.774. The molecule has 0 radical (unpaired) electrons. The van der Waals surface area contributed by atoms with Gasteiger partial charge in [0.05, 0.1) is 6.04 Å². The molecular weight excluding hydrogens is 328 g/mol. The van der Waals surface area contributed by atoms with Gasteiger partial charge >= 0.3 is 6.09 Å². The fraction of sp³-hybridized carbons (Fsp3) is 0.706. The van der Waals surface area contributed by atoms with Gasteiger partial charge in [-0.3, -0.25) is 0 Å². The molecule has 0 spiro atoms. The Morgan fingerprint density at radius 1 is 1.46 bits per heavy atom. The van der Waals surface area contributed by atoms with Crippen molar-refractivity contribution in [3.05, 3.63) is 17.0 Å². The molecule has 6 nitrogen and oxygen atoms in total. The van der Waals surface area contributed by atoms with Crippen molar-refractivity contribution in [2.45, 2.75) is 58.6 Å². The van der Waals surface area contributed by atoms with Crippen LogP contribution >= 0.6 is 11.6 Å². The molecule has 1 aliphatic heterocycles. The molecular formula is C17H27ClN4O2. The predicted molar refractivity (Wildman–Crippen MR) is 95.7 cm³/mol. The number of amides is 1. The smallest absolute Gasteiger partial charge is 0.410 e. The molecule has 7 heteroatoms. The molecule has 0 N–H and O–H groups in total. The zero-order chi connectivity index (χ0) is 17.9. The van der Waals surface area contributed by atoms with Crippen molar-refractivity contribution in [3.8, 4) is 0 Å². The maximum atomic E-state index is 12.2. The molecule has 1 aromatic rings. The van der Waals surface area contributed by atoms with E-state index < -0.39 is 5.60 Å². The lowest BCUT2D eigenvalue weighted by Crippen LogP contribution is -2.42. The fourth-order valence-electron chi connectivity index (χ4n) is 2.75. The number of halogens is 1. The van der Waals surface area contributed by atoms with Gasteiger partial charge in [0.25, 0.3) is 0 Å². The minimum absolute atomic E-state index is 0.100. The number of ether oxygens (including phenoxy) is 1. The van der Waals surface area contributed by atoms with Gasteiger partial charge < -0.3 is 14.5 Å². The summed E-state index contributed by atoms with van der Waals surface area (Å²) in [5.74, 6) is 0.832. The molecule has 1 fully saturated rings. The number of carbonyl (C=O) groups excluding carboxylic acids is 1. The summed E-state index contributed by atoms with van der Waals surface area (Å²) >= 11 is 6.05. The molecule has 1 saturated heterocycles. The maximum Gasteiger partial charge on any atom is 0.410 e. The highest BCUT2D eigenvalue weighted by molar-refractivity contribution is 6.28. The SMILES string of the molecule is CCCc1cc(N2CC[C@H](N(C)C(=O)OC(C)(C)C)C2)nc(Cl)n1. The molecule has 0 unspecified atom stereocenters. The Kier molecular flexibility index (Phi) is 5.91. The lowest BCUT2D eigenvalue weighted by Gasteiger charge is -2.28. The predicted octanol–water partition coefficient (Wildman–Crippen LogP) is 3.53. The zero-order valence-corrected chi connectivity index (χ0v) is 15.9. The second-order valence-electron chi connectivity index (χ2n) is 7.22. The van der Waals surface area contributed by atoms with Gasteiger partial charge in [-0.1, -0.05) is 13.3 Å². The molecule has 2 rings (SSSR count). The van der Waals surface area contributed by atoms with Crippen LogP contribution in [0.2, 0.25) is 5.28 Å². The highest BCUT2D eigenvalue weighted by atomic mass is 35.5.